The smallest absolute Gasteiger partial charge is 0.327 e. The van der Waals surface area contributed by atoms with Crippen LogP contribution in [-0.2, 0) is 0 Å². The van der Waals surface area contributed by atoms with Gasteiger partial charge < -0.3 is 4.90 Å². The maximum absolute atomic E-state index is 12.7. The van der Waals surface area contributed by atoms with Gasteiger partial charge in [0, 0.05) is 12.1 Å². The first kappa shape index (κ1) is 12.0. The molecule has 5 heteroatoms. The molecule has 0 aliphatic carbocycles. The van der Waals surface area contributed by atoms with E-state index < -0.39 is 18.1 Å². The first-order valence-corrected chi connectivity index (χ1v) is 5.43. The van der Waals surface area contributed by atoms with Gasteiger partial charge in [0.1, 0.15) is 6.04 Å². The molecule has 0 bridgehead atoms. The predicted molar refractivity (Wildman–Crippen MR) is 56.6 cm³/mol. The minimum atomic E-state index is -4.33. The van der Waals surface area contributed by atoms with Gasteiger partial charge in [0.2, 0.25) is 0 Å². The summed E-state index contributed by atoms with van der Waals surface area (Å²) < 4.78 is 38.1. The third-order valence-electron chi connectivity index (χ3n) is 2.91. The van der Waals surface area contributed by atoms with Crippen molar-refractivity contribution in [1.29, 1.82) is 0 Å². The van der Waals surface area contributed by atoms with E-state index in [-0.39, 0.29) is 13.0 Å². The van der Waals surface area contributed by atoms with Gasteiger partial charge in [-0.3, -0.25) is 4.79 Å². The summed E-state index contributed by atoms with van der Waals surface area (Å²) in [6.07, 6.45) is -3.92. The highest BCUT2D eigenvalue weighted by atomic mass is 19.4. The number of carbonyl (C=O) groups is 1. The molecule has 92 valence electrons. The lowest BCUT2D eigenvalue weighted by atomic mass is 10.1. The van der Waals surface area contributed by atoms with Gasteiger partial charge in [-0.2, -0.15) is 13.2 Å². The number of hydrogen-bond donors (Lipinski definition) is 0. The summed E-state index contributed by atoms with van der Waals surface area (Å²) in [5.74, 6) is -0.537. The molecule has 1 aliphatic rings. The second kappa shape index (κ2) is 4.39. The molecule has 0 saturated carbocycles. The van der Waals surface area contributed by atoms with Crippen LogP contribution in [0.2, 0.25) is 0 Å². The summed E-state index contributed by atoms with van der Waals surface area (Å²) in [5, 5.41) is 0. The van der Waals surface area contributed by atoms with Gasteiger partial charge in [-0.15, -0.1) is 0 Å². The number of hydrogen-bond acceptors (Lipinski definition) is 1. The zero-order valence-corrected chi connectivity index (χ0v) is 9.07. The monoisotopic (exact) mass is 243 g/mol. The lowest BCUT2D eigenvalue weighted by Gasteiger charge is -2.26. The number of carbonyl (C=O) groups excluding carboxylic acids is 1. The lowest BCUT2D eigenvalue weighted by Crippen LogP contribution is -2.44. The summed E-state index contributed by atoms with van der Waals surface area (Å²) in [4.78, 5) is 12.9. The van der Waals surface area contributed by atoms with E-state index in [1.54, 1.807) is 18.2 Å². The number of amides is 1. The first-order chi connectivity index (χ1) is 8.00. The quantitative estimate of drug-likeness (QED) is 0.742. The number of rotatable bonds is 1. The Balaban J connectivity index is 2.20. The zero-order valence-electron chi connectivity index (χ0n) is 9.07. The molecule has 1 fully saturated rings. The van der Waals surface area contributed by atoms with Crippen molar-refractivity contribution < 1.29 is 18.0 Å². The van der Waals surface area contributed by atoms with Gasteiger partial charge in [-0.1, -0.05) is 18.2 Å². The Morgan fingerprint density at radius 1 is 1.24 bits per heavy atom. The fourth-order valence-corrected chi connectivity index (χ4v) is 2.10. The Morgan fingerprint density at radius 3 is 2.47 bits per heavy atom. The third kappa shape index (κ3) is 2.43. The fraction of sp³-hybridized carbons (Fsp3) is 0.417. The standard InChI is InChI=1S/C12H12F3NO/c13-12(14,15)10-7-4-8-16(10)11(17)9-5-2-1-3-6-9/h1-3,5-6,10H,4,7-8H2. The molecule has 1 saturated heterocycles. The van der Waals surface area contributed by atoms with Crippen molar-refractivity contribution >= 4 is 5.91 Å². The van der Waals surface area contributed by atoms with Crippen LogP contribution in [0.15, 0.2) is 30.3 Å². The first-order valence-electron chi connectivity index (χ1n) is 5.43. The van der Waals surface area contributed by atoms with Crippen LogP contribution in [0, 0.1) is 0 Å². The molecule has 0 radical (unpaired) electrons. The maximum atomic E-state index is 12.7. The summed E-state index contributed by atoms with van der Waals surface area (Å²) >= 11 is 0. The van der Waals surface area contributed by atoms with Crippen molar-refractivity contribution in [2.75, 3.05) is 6.54 Å². The molecule has 2 rings (SSSR count). The Hall–Kier alpha value is -1.52. The van der Waals surface area contributed by atoms with Crippen LogP contribution >= 0.6 is 0 Å². The second-order valence-electron chi connectivity index (χ2n) is 4.06. The van der Waals surface area contributed by atoms with E-state index in [1.807, 2.05) is 0 Å². The summed E-state index contributed by atoms with van der Waals surface area (Å²) in [5.41, 5.74) is 0.309. The maximum Gasteiger partial charge on any atom is 0.408 e. The molecule has 1 atom stereocenters. The average molecular weight is 243 g/mol. The summed E-state index contributed by atoms with van der Waals surface area (Å²) in [6.45, 7) is 0.178. The third-order valence-corrected chi connectivity index (χ3v) is 2.91. The molecule has 1 amide bonds. The van der Waals surface area contributed by atoms with Gasteiger partial charge in [0.05, 0.1) is 0 Å². The molecular formula is C12H12F3NO. The topological polar surface area (TPSA) is 20.3 Å². The molecule has 1 aliphatic heterocycles. The van der Waals surface area contributed by atoms with Gasteiger partial charge >= 0.3 is 6.18 Å². The van der Waals surface area contributed by atoms with Crippen LogP contribution in [0.4, 0.5) is 13.2 Å². The molecule has 2 nitrogen and oxygen atoms in total. The van der Waals surface area contributed by atoms with Gasteiger partial charge in [0.25, 0.3) is 5.91 Å². The molecule has 17 heavy (non-hydrogen) atoms. The van der Waals surface area contributed by atoms with Gasteiger partial charge in [-0.25, -0.2) is 0 Å². The van der Waals surface area contributed by atoms with E-state index in [1.165, 1.54) is 12.1 Å². The molecule has 1 aromatic rings. The summed E-state index contributed by atoms with van der Waals surface area (Å²) in [7, 11) is 0. The Labute approximate surface area is 97.0 Å². The van der Waals surface area contributed by atoms with Gasteiger partial charge in [-0.05, 0) is 25.0 Å². The van der Waals surface area contributed by atoms with Crippen LogP contribution in [0.5, 0.6) is 0 Å². The Morgan fingerprint density at radius 2 is 1.88 bits per heavy atom. The van der Waals surface area contributed by atoms with Crippen molar-refractivity contribution in [3.63, 3.8) is 0 Å². The Bertz CT molecular complexity index is 402. The van der Waals surface area contributed by atoms with E-state index in [4.69, 9.17) is 0 Å². The van der Waals surface area contributed by atoms with Crippen LogP contribution in [0.3, 0.4) is 0 Å². The minimum Gasteiger partial charge on any atom is -0.327 e. The van der Waals surface area contributed by atoms with Crippen molar-refractivity contribution in [2.24, 2.45) is 0 Å². The molecular weight excluding hydrogens is 231 g/mol. The highest BCUT2D eigenvalue weighted by Crippen LogP contribution is 2.33. The number of likely N-dealkylation sites (tertiary alicyclic amines) is 1. The fourth-order valence-electron chi connectivity index (χ4n) is 2.10. The van der Waals surface area contributed by atoms with E-state index in [0.717, 1.165) is 4.90 Å². The highest BCUT2D eigenvalue weighted by Gasteiger charge is 2.47. The molecule has 0 aromatic heterocycles. The Kier molecular flexibility index (Phi) is 3.09. The molecule has 1 heterocycles. The molecule has 1 unspecified atom stereocenters. The SMILES string of the molecule is O=C(c1ccccc1)N1CCCC1C(F)(F)F. The van der Waals surface area contributed by atoms with Crippen LogP contribution in [0.1, 0.15) is 23.2 Å². The van der Waals surface area contributed by atoms with Crippen LogP contribution < -0.4 is 0 Å². The average Bonchev–Trinajstić information content (AvgIpc) is 2.78. The minimum absolute atomic E-state index is 0.00206. The van der Waals surface area contributed by atoms with E-state index in [0.29, 0.717) is 12.0 Å². The van der Waals surface area contributed by atoms with E-state index in [9.17, 15) is 18.0 Å². The lowest BCUT2D eigenvalue weighted by molar-refractivity contribution is -0.169. The van der Waals surface area contributed by atoms with E-state index in [2.05, 4.69) is 0 Å². The number of nitrogens with zero attached hydrogens (tertiary/aromatic N) is 1. The molecule has 0 spiro atoms. The van der Waals surface area contributed by atoms with Crippen molar-refractivity contribution in [3.05, 3.63) is 35.9 Å². The van der Waals surface area contributed by atoms with Crippen molar-refractivity contribution in [1.82, 2.24) is 4.90 Å². The van der Waals surface area contributed by atoms with Crippen LogP contribution in [0.25, 0.3) is 0 Å². The normalized spacial score (nSPS) is 20.6. The van der Waals surface area contributed by atoms with Crippen molar-refractivity contribution in [3.8, 4) is 0 Å². The number of benzene rings is 1. The molecule has 1 aromatic carbocycles. The van der Waals surface area contributed by atoms with Gasteiger partial charge in [0.15, 0.2) is 0 Å². The van der Waals surface area contributed by atoms with Crippen molar-refractivity contribution in [2.45, 2.75) is 25.1 Å². The zero-order chi connectivity index (χ0) is 12.5. The second-order valence-corrected chi connectivity index (χ2v) is 4.06. The predicted octanol–water partition coefficient (Wildman–Crippen LogP) is 2.85. The number of halogens is 3. The highest BCUT2D eigenvalue weighted by molar-refractivity contribution is 5.94. The van der Waals surface area contributed by atoms with E-state index >= 15 is 0 Å². The van der Waals surface area contributed by atoms with Crippen LogP contribution in [-0.4, -0.2) is 29.6 Å². The summed E-state index contributed by atoms with van der Waals surface area (Å²) in [6, 6.07) is 6.46. The molecule has 0 N–H and O–H groups in total. The number of alkyl halides is 3. The largest absolute Gasteiger partial charge is 0.408 e.